The standard InChI is InChI=1S/C16H12BrN7/c17-10-4-5-12-13(7-10)22-16(21-12)9-2-1-3-11(6-9)23-24-14(8-18)15(19)20/h1-7,23H,(H3,19,20)(H,21,22)/b24-14+. The summed E-state index contributed by atoms with van der Waals surface area (Å²) in [5.74, 6) is 0.340. The number of halogens is 1. The number of nitriles is 1. The second-order valence-corrected chi connectivity index (χ2v) is 5.84. The molecule has 3 rings (SSSR count). The highest BCUT2D eigenvalue weighted by atomic mass is 79.9. The lowest BCUT2D eigenvalue weighted by atomic mass is 10.2. The molecule has 0 saturated heterocycles. The zero-order valence-electron chi connectivity index (χ0n) is 12.3. The highest BCUT2D eigenvalue weighted by Gasteiger charge is 2.07. The molecule has 0 aliphatic heterocycles. The van der Waals surface area contributed by atoms with E-state index in [9.17, 15) is 0 Å². The summed E-state index contributed by atoms with van der Waals surface area (Å²) in [5, 5.41) is 19.9. The zero-order chi connectivity index (χ0) is 17.1. The average Bonchev–Trinajstić information content (AvgIpc) is 2.98. The molecule has 0 unspecified atom stereocenters. The number of H-pyrrole nitrogens is 1. The molecule has 0 atom stereocenters. The highest BCUT2D eigenvalue weighted by molar-refractivity contribution is 9.10. The molecule has 5 N–H and O–H groups in total. The summed E-state index contributed by atoms with van der Waals surface area (Å²) in [6, 6.07) is 15.0. The van der Waals surface area contributed by atoms with E-state index in [-0.39, 0.29) is 11.5 Å². The molecule has 3 aromatic rings. The number of rotatable bonds is 4. The quantitative estimate of drug-likeness (QED) is 0.314. The molecular formula is C16H12BrN7. The van der Waals surface area contributed by atoms with Crippen molar-refractivity contribution in [1.82, 2.24) is 9.97 Å². The van der Waals surface area contributed by atoms with Crippen molar-refractivity contribution in [2.45, 2.75) is 0 Å². The van der Waals surface area contributed by atoms with Gasteiger partial charge in [0.1, 0.15) is 11.9 Å². The van der Waals surface area contributed by atoms with E-state index in [1.54, 1.807) is 12.1 Å². The predicted octanol–water partition coefficient (Wildman–Crippen LogP) is 3.22. The van der Waals surface area contributed by atoms with Crippen molar-refractivity contribution < 1.29 is 0 Å². The van der Waals surface area contributed by atoms with Gasteiger partial charge >= 0.3 is 0 Å². The lowest BCUT2D eigenvalue weighted by Crippen LogP contribution is -2.21. The molecule has 0 spiro atoms. The van der Waals surface area contributed by atoms with E-state index in [2.05, 4.69) is 36.4 Å². The van der Waals surface area contributed by atoms with E-state index in [1.165, 1.54) is 0 Å². The Morgan fingerprint density at radius 3 is 2.92 bits per heavy atom. The van der Waals surface area contributed by atoms with Crippen LogP contribution in [-0.4, -0.2) is 21.5 Å². The second kappa shape index (κ2) is 6.52. The second-order valence-electron chi connectivity index (χ2n) is 4.93. The summed E-state index contributed by atoms with van der Waals surface area (Å²) in [4.78, 5) is 7.82. The molecule has 0 radical (unpaired) electrons. The van der Waals surface area contributed by atoms with Gasteiger partial charge in [-0.1, -0.05) is 28.1 Å². The molecule has 0 aliphatic rings. The van der Waals surface area contributed by atoms with Gasteiger partial charge in [0.25, 0.3) is 0 Å². The number of nitrogens with two attached hydrogens (primary N) is 1. The van der Waals surface area contributed by atoms with Gasteiger partial charge in [0.15, 0.2) is 5.84 Å². The first kappa shape index (κ1) is 15.7. The molecule has 118 valence electrons. The summed E-state index contributed by atoms with van der Waals surface area (Å²) in [6.45, 7) is 0. The van der Waals surface area contributed by atoms with Gasteiger partial charge in [-0.05, 0) is 30.3 Å². The monoisotopic (exact) mass is 381 g/mol. The van der Waals surface area contributed by atoms with Crippen LogP contribution >= 0.6 is 15.9 Å². The van der Waals surface area contributed by atoms with Gasteiger partial charge in [0.2, 0.25) is 5.71 Å². The Labute approximate surface area is 145 Å². The molecule has 0 amide bonds. The summed E-state index contributed by atoms with van der Waals surface area (Å²) in [5.41, 5.74) is 11.1. The van der Waals surface area contributed by atoms with Gasteiger partial charge in [-0.25, -0.2) is 4.98 Å². The van der Waals surface area contributed by atoms with E-state index < -0.39 is 0 Å². The van der Waals surface area contributed by atoms with E-state index in [4.69, 9.17) is 16.4 Å². The first-order valence-electron chi connectivity index (χ1n) is 6.91. The van der Waals surface area contributed by atoms with Gasteiger partial charge in [-0.2, -0.15) is 10.4 Å². The number of hydrogen-bond acceptors (Lipinski definition) is 5. The lowest BCUT2D eigenvalue weighted by molar-refractivity contribution is 1.31. The highest BCUT2D eigenvalue weighted by Crippen LogP contribution is 2.24. The molecule has 1 aromatic heterocycles. The number of fused-ring (bicyclic) bond motifs is 1. The minimum Gasteiger partial charge on any atom is -0.382 e. The zero-order valence-corrected chi connectivity index (χ0v) is 13.9. The van der Waals surface area contributed by atoms with Crippen molar-refractivity contribution in [3.63, 3.8) is 0 Å². The number of nitrogens with one attached hydrogen (secondary N) is 3. The van der Waals surface area contributed by atoms with Gasteiger partial charge < -0.3 is 10.7 Å². The van der Waals surface area contributed by atoms with Crippen molar-refractivity contribution in [2.24, 2.45) is 10.8 Å². The Hall–Kier alpha value is -3.18. The van der Waals surface area contributed by atoms with E-state index >= 15 is 0 Å². The summed E-state index contributed by atoms with van der Waals surface area (Å²) in [6.07, 6.45) is 0. The van der Waals surface area contributed by atoms with E-state index in [1.807, 2.05) is 36.4 Å². The molecular weight excluding hydrogens is 370 g/mol. The third-order valence-corrected chi connectivity index (χ3v) is 3.73. The number of aromatic nitrogens is 2. The summed E-state index contributed by atoms with van der Waals surface area (Å²) in [7, 11) is 0. The summed E-state index contributed by atoms with van der Waals surface area (Å²) >= 11 is 3.44. The molecule has 0 fully saturated rings. The number of imidazole rings is 1. The smallest absolute Gasteiger partial charge is 0.201 e. The van der Waals surface area contributed by atoms with Crippen LogP contribution in [0.1, 0.15) is 0 Å². The SMILES string of the molecule is N#C/C(=N\Nc1cccc(-c2nc3ccc(Br)cc3[nH]2)c1)C(=N)N. The van der Waals surface area contributed by atoms with Crippen LogP contribution in [-0.2, 0) is 0 Å². The number of nitrogens with zero attached hydrogens (tertiary/aromatic N) is 3. The lowest BCUT2D eigenvalue weighted by Gasteiger charge is -2.03. The molecule has 0 aliphatic carbocycles. The van der Waals surface area contributed by atoms with E-state index in [0.29, 0.717) is 5.69 Å². The molecule has 7 nitrogen and oxygen atoms in total. The molecule has 2 aromatic carbocycles. The first-order chi connectivity index (χ1) is 11.6. The van der Waals surface area contributed by atoms with Crippen LogP contribution in [0.5, 0.6) is 0 Å². The summed E-state index contributed by atoms with van der Waals surface area (Å²) < 4.78 is 0.975. The van der Waals surface area contributed by atoms with Gasteiger partial charge in [-0.15, -0.1) is 0 Å². The van der Waals surface area contributed by atoms with Crippen LogP contribution < -0.4 is 11.2 Å². The van der Waals surface area contributed by atoms with Crippen LogP contribution in [0, 0.1) is 16.7 Å². The fourth-order valence-electron chi connectivity index (χ4n) is 2.12. The maximum atomic E-state index is 8.85. The topological polar surface area (TPSA) is 127 Å². The Balaban J connectivity index is 1.92. The number of amidine groups is 1. The minimum absolute atomic E-state index is 0.172. The molecule has 24 heavy (non-hydrogen) atoms. The average molecular weight is 382 g/mol. The molecule has 8 heteroatoms. The first-order valence-corrected chi connectivity index (χ1v) is 7.70. The van der Waals surface area contributed by atoms with Crippen molar-refractivity contribution in [3.8, 4) is 17.5 Å². The Bertz CT molecular complexity index is 997. The maximum Gasteiger partial charge on any atom is 0.201 e. The van der Waals surface area contributed by atoms with Crippen molar-refractivity contribution in [1.29, 1.82) is 10.7 Å². The largest absolute Gasteiger partial charge is 0.382 e. The fourth-order valence-corrected chi connectivity index (χ4v) is 2.48. The Kier molecular flexibility index (Phi) is 4.26. The van der Waals surface area contributed by atoms with Crippen LogP contribution in [0.25, 0.3) is 22.4 Å². The van der Waals surface area contributed by atoms with Gasteiger partial charge in [-0.3, -0.25) is 10.8 Å². The predicted molar refractivity (Wildman–Crippen MR) is 97.8 cm³/mol. The molecule has 0 saturated carbocycles. The maximum absolute atomic E-state index is 8.85. The number of hydrazone groups is 1. The number of aromatic amines is 1. The molecule has 0 bridgehead atoms. The fraction of sp³-hybridized carbons (Fsp3) is 0. The van der Waals surface area contributed by atoms with Gasteiger partial charge in [0.05, 0.1) is 16.7 Å². The third kappa shape index (κ3) is 3.26. The van der Waals surface area contributed by atoms with Crippen LogP contribution in [0.15, 0.2) is 52.0 Å². The van der Waals surface area contributed by atoms with Crippen molar-refractivity contribution in [3.05, 3.63) is 46.9 Å². The van der Waals surface area contributed by atoms with Crippen molar-refractivity contribution >= 4 is 44.2 Å². The number of anilines is 1. The third-order valence-electron chi connectivity index (χ3n) is 3.24. The van der Waals surface area contributed by atoms with E-state index in [0.717, 1.165) is 26.9 Å². The Morgan fingerprint density at radius 1 is 1.33 bits per heavy atom. The van der Waals surface area contributed by atoms with Crippen LogP contribution in [0.4, 0.5) is 5.69 Å². The van der Waals surface area contributed by atoms with Crippen LogP contribution in [0.3, 0.4) is 0 Å². The molecule has 1 heterocycles. The normalized spacial score (nSPS) is 11.2. The van der Waals surface area contributed by atoms with Crippen molar-refractivity contribution in [2.75, 3.05) is 5.43 Å². The number of hydrogen-bond donors (Lipinski definition) is 4. The van der Waals surface area contributed by atoms with Gasteiger partial charge in [0, 0.05) is 10.0 Å². The Morgan fingerprint density at radius 2 is 2.17 bits per heavy atom. The number of benzene rings is 2. The van der Waals surface area contributed by atoms with Crippen LogP contribution in [0.2, 0.25) is 0 Å². The minimum atomic E-state index is -0.385.